The zero-order chi connectivity index (χ0) is 16.8. The number of nitrogens with zero attached hydrogens (tertiary/aromatic N) is 2. The summed E-state index contributed by atoms with van der Waals surface area (Å²) >= 11 is 0. The highest BCUT2D eigenvalue weighted by molar-refractivity contribution is 5.77. The average Bonchev–Trinajstić information content (AvgIpc) is 2.62. The molecule has 0 saturated heterocycles. The Morgan fingerprint density at radius 2 is 1.79 bits per heavy atom. The minimum Gasteiger partial charge on any atom is -0.356 e. The van der Waals surface area contributed by atoms with Crippen molar-refractivity contribution in [2.75, 3.05) is 6.54 Å². The Balaban J connectivity index is 1.53. The summed E-state index contributed by atoms with van der Waals surface area (Å²) in [5.41, 5.74) is 1.75. The van der Waals surface area contributed by atoms with Crippen molar-refractivity contribution in [1.82, 2.24) is 14.9 Å². The Morgan fingerprint density at radius 1 is 1.04 bits per heavy atom. The summed E-state index contributed by atoms with van der Waals surface area (Å²) in [6.45, 7) is 0.918. The predicted octanol–water partition coefficient (Wildman–Crippen LogP) is 2.15. The van der Waals surface area contributed by atoms with E-state index in [2.05, 4.69) is 10.3 Å². The maximum Gasteiger partial charge on any atom is 0.261 e. The fourth-order valence-electron chi connectivity index (χ4n) is 2.57. The van der Waals surface area contributed by atoms with Crippen molar-refractivity contribution in [3.8, 4) is 0 Å². The highest BCUT2D eigenvalue weighted by Gasteiger charge is 2.06. The molecule has 5 nitrogen and oxygen atoms in total. The van der Waals surface area contributed by atoms with E-state index in [0.717, 1.165) is 6.42 Å². The van der Waals surface area contributed by atoms with Crippen LogP contribution in [-0.2, 0) is 17.8 Å². The molecule has 2 aromatic carbocycles. The number of hydrogen-bond donors (Lipinski definition) is 1. The molecule has 0 aliphatic rings. The van der Waals surface area contributed by atoms with E-state index in [9.17, 15) is 9.59 Å². The van der Waals surface area contributed by atoms with Gasteiger partial charge in [-0.25, -0.2) is 4.98 Å². The smallest absolute Gasteiger partial charge is 0.261 e. The fourth-order valence-corrected chi connectivity index (χ4v) is 2.57. The Kier molecular flexibility index (Phi) is 5.01. The quantitative estimate of drug-likeness (QED) is 0.756. The second kappa shape index (κ2) is 7.55. The van der Waals surface area contributed by atoms with Gasteiger partial charge in [-0.2, -0.15) is 0 Å². The van der Waals surface area contributed by atoms with Gasteiger partial charge in [0.25, 0.3) is 5.56 Å². The molecule has 1 aromatic heterocycles. The van der Waals surface area contributed by atoms with Crippen LogP contribution in [0.4, 0.5) is 0 Å². The Labute approximate surface area is 140 Å². The van der Waals surface area contributed by atoms with Crippen LogP contribution in [0.25, 0.3) is 10.9 Å². The molecule has 3 aromatic rings. The van der Waals surface area contributed by atoms with Crippen LogP contribution < -0.4 is 10.9 Å². The number of rotatable bonds is 6. The lowest BCUT2D eigenvalue weighted by Gasteiger charge is -2.08. The molecule has 1 heterocycles. The molecule has 0 spiro atoms. The summed E-state index contributed by atoms with van der Waals surface area (Å²) in [6, 6.07) is 17.2. The number of aryl methyl sites for hydroxylation is 1. The first-order valence-electron chi connectivity index (χ1n) is 7.99. The highest BCUT2D eigenvalue weighted by atomic mass is 16.1. The number of para-hydroxylation sites is 1. The van der Waals surface area contributed by atoms with Crippen molar-refractivity contribution in [3.05, 3.63) is 76.8 Å². The molecule has 0 fully saturated rings. The van der Waals surface area contributed by atoms with Gasteiger partial charge in [-0.05, 0) is 24.1 Å². The van der Waals surface area contributed by atoms with E-state index in [1.807, 2.05) is 42.5 Å². The molecule has 5 heteroatoms. The van der Waals surface area contributed by atoms with E-state index >= 15 is 0 Å². The van der Waals surface area contributed by atoms with E-state index in [1.54, 1.807) is 12.1 Å². The van der Waals surface area contributed by atoms with Gasteiger partial charge in [-0.1, -0.05) is 42.5 Å². The van der Waals surface area contributed by atoms with Crippen LogP contribution in [0.3, 0.4) is 0 Å². The standard InChI is InChI=1S/C19H19N3O2/c23-18(20-12-10-15-6-2-1-3-7-15)11-13-22-14-21-17-9-5-4-8-16(17)19(22)24/h1-9,14H,10-13H2,(H,20,23). The summed E-state index contributed by atoms with van der Waals surface area (Å²) in [7, 11) is 0. The molecule has 3 rings (SSSR count). The van der Waals surface area contributed by atoms with Crippen LogP contribution in [-0.4, -0.2) is 22.0 Å². The van der Waals surface area contributed by atoms with E-state index in [-0.39, 0.29) is 17.9 Å². The molecule has 24 heavy (non-hydrogen) atoms. The van der Waals surface area contributed by atoms with E-state index in [4.69, 9.17) is 0 Å². The van der Waals surface area contributed by atoms with Crippen LogP contribution in [0, 0.1) is 0 Å². The molecule has 0 aliphatic heterocycles. The molecule has 0 radical (unpaired) electrons. The van der Waals surface area contributed by atoms with Crippen molar-refractivity contribution >= 4 is 16.8 Å². The summed E-state index contributed by atoms with van der Waals surface area (Å²) in [5.74, 6) is -0.0639. The first-order valence-corrected chi connectivity index (χ1v) is 7.99. The number of carbonyl (C=O) groups is 1. The number of nitrogens with one attached hydrogen (secondary N) is 1. The zero-order valence-electron chi connectivity index (χ0n) is 13.3. The van der Waals surface area contributed by atoms with Crippen molar-refractivity contribution in [3.63, 3.8) is 0 Å². The third kappa shape index (κ3) is 3.87. The average molecular weight is 321 g/mol. The molecule has 1 amide bonds. The minimum atomic E-state index is -0.113. The molecule has 0 aliphatic carbocycles. The maximum atomic E-state index is 12.3. The van der Waals surface area contributed by atoms with Crippen LogP contribution in [0.2, 0.25) is 0 Å². The molecule has 0 saturated carbocycles. The number of hydrogen-bond acceptors (Lipinski definition) is 3. The lowest BCUT2D eigenvalue weighted by molar-refractivity contribution is -0.121. The summed E-state index contributed by atoms with van der Waals surface area (Å²) < 4.78 is 1.49. The van der Waals surface area contributed by atoms with E-state index < -0.39 is 0 Å². The maximum absolute atomic E-state index is 12.3. The number of benzene rings is 2. The molecular formula is C19H19N3O2. The first-order chi connectivity index (χ1) is 11.7. The van der Waals surface area contributed by atoms with E-state index in [0.29, 0.717) is 24.0 Å². The molecule has 122 valence electrons. The van der Waals surface area contributed by atoms with Gasteiger partial charge in [0, 0.05) is 19.5 Å². The molecule has 0 bridgehead atoms. The summed E-state index contributed by atoms with van der Waals surface area (Å²) in [4.78, 5) is 28.5. The molecule has 0 atom stereocenters. The lowest BCUT2D eigenvalue weighted by Crippen LogP contribution is -2.29. The highest BCUT2D eigenvalue weighted by Crippen LogP contribution is 2.04. The van der Waals surface area contributed by atoms with E-state index in [1.165, 1.54) is 16.5 Å². The van der Waals surface area contributed by atoms with Gasteiger partial charge in [0.15, 0.2) is 0 Å². The summed E-state index contributed by atoms with van der Waals surface area (Å²) in [6.07, 6.45) is 2.56. The topological polar surface area (TPSA) is 64.0 Å². The Morgan fingerprint density at radius 3 is 2.62 bits per heavy atom. The minimum absolute atomic E-state index is 0.0639. The SMILES string of the molecule is O=C(CCn1cnc2ccccc2c1=O)NCCc1ccccc1. The predicted molar refractivity (Wildman–Crippen MR) is 93.8 cm³/mol. The van der Waals surface area contributed by atoms with Gasteiger partial charge >= 0.3 is 0 Å². The molecular weight excluding hydrogens is 302 g/mol. The largest absolute Gasteiger partial charge is 0.356 e. The number of carbonyl (C=O) groups excluding carboxylic acids is 1. The van der Waals surface area contributed by atoms with Crippen LogP contribution >= 0.6 is 0 Å². The van der Waals surface area contributed by atoms with Gasteiger partial charge in [0.1, 0.15) is 0 Å². The fraction of sp³-hybridized carbons (Fsp3) is 0.211. The number of amides is 1. The molecule has 1 N–H and O–H groups in total. The number of fused-ring (bicyclic) bond motifs is 1. The summed E-state index contributed by atoms with van der Waals surface area (Å²) in [5, 5.41) is 3.46. The third-order valence-electron chi connectivity index (χ3n) is 3.89. The van der Waals surface area contributed by atoms with Crippen molar-refractivity contribution in [2.45, 2.75) is 19.4 Å². The lowest BCUT2D eigenvalue weighted by atomic mass is 10.1. The second-order valence-corrected chi connectivity index (χ2v) is 5.60. The van der Waals surface area contributed by atoms with Crippen molar-refractivity contribution < 1.29 is 4.79 Å². The van der Waals surface area contributed by atoms with Gasteiger partial charge in [-0.3, -0.25) is 14.2 Å². The van der Waals surface area contributed by atoms with Crippen LogP contribution in [0.5, 0.6) is 0 Å². The Bertz CT molecular complexity index is 888. The van der Waals surface area contributed by atoms with Gasteiger partial charge < -0.3 is 5.32 Å². The first kappa shape index (κ1) is 15.9. The van der Waals surface area contributed by atoms with Gasteiger partial charge in [0.05, 0.1) is 17.2 Å². The van der Waals surface area contributed by atoms with Crippen LogP contribution in [0.15, 0.2) is 65.7 Å². The van der Waals surface area contributed by atoms with Gasteiger partial charge in [0.2, 0.25) is 5.91 Å². The third-order valence-corrected chi connectivity index (χ3v) is 3.89. The van der Waals surface area contributed by atoms with Crippen LogP contribution in [0.1, 0.15) is 12.0 Å². The van der Waals surface area contributed by atoms with Gasteiger partial charge in [-0.15, -0.1) is 0 Å². The Hall–Kier alpha value is -2.95. The van der Waals surface area contributed by atoms with Crippen molar-refractivity contribution in [2.24, 2.45) is 0 Å². The number of aromatic nitrogens is 2. The van der Waals surface area contributed by atoms with Crippen molar-refractivity contribution in [1.29, 1.82) is 0 Å². The second-order valence-electron chi connectivity index (χ2n) is 5.60. The monoisotopic (exact) mass is 321 g/mol. The normalized spacial score (nSPS) is 10.7. The zero-order valence-corrected chi connectivity index (χ0v) is 13.3. The molecule has 0 unspecified atom stereocenters.